The molecule has 1 aromatic carbocycles. The second-order valence-electron chi connectivity index (χ2n) is 2.13. The molecule has 0 atom stereocenters. The average Bonchev–Trinajstić information content (AvgIpc) is 2.28. The maximum absolute atomic E-state index is 4.96. The van der Waals surface area contributed by atoms with Gasteiger partial charge < -0.3 is 7.70 Å². The Bertz CT molecular complexity index is 346. The van der Waals surface area contributed by atoms with Gasteiger partial charge in [0.1, 0.15) is 12.5 Å². The van der Waals surface area contributed by atoms with Crippen LogP contribution in [0.15, 0.2) is 44.5 Å². The number of hydrogen-bond acceptors (Lipinski definition) is 3. The monoisotopic (exact) mass is 166 g/mol. The molecule has 2 rings (SSSR count). The number of rotatable bonds is 0. The van der Waals surface area contributed by atoms with Gasteiger partial charge in [-0.1, -0.05) is 24.3 Å². The third-order valence-electron chi connectivity index (χ3n) is 1.42. The summed E-state index contributed by atoms with van der Waals surface area (Å²) in [4.78, 5) is 0. The summed E-state index contributed by atoms with van der Waals surface area (Å²) in [5.74, 6) is 0. The van der Waals surface area contributed by atoms with E-state index in [0.29, 0.717) is 0 Å². The number of benzene rings is 1. The SMILES string of the molecule is c1ccc2cosocc2c1. The van der Waals surface area contributed by atoms with E-state index < -0.39 is 0 Å². The van der Waals surface area contributed by atoms with Crippen molar-refractivity contribution in [1.82, 2.24) is 0 Å². The van der Waals surface area contributed by atoms with Crippen LogP contribution in [-0.4, -0.2) is 0 Å². The Labute approximate surface area is 67.8 Å². The lowest BCUT2D eigenvalue weighted by molar-refractivity contribution is 0.604. The van der Waals surface area contributed by atoms with E-state index in [0.717, 1.165) is 22.7 Å². The van der Waals surface area contributed by atoms with Gasteiger partial charge >= 0.3 is 0 Å². The fraction of sp³-hybridized carbons (Fsp3) is 0. The topological polar surface area (TPSA) is 26.3 Å². The van der Waals surface area contributed by atoms with Gasteiger partial charge in [-0.2, -0.15) is 0 Å². The molecule has 3 heteroatoms. The van der Waals surface area contributed by atoms with Crippen LogP contribution < -0.4 is 0 Å². The Kier molecular flexibility index (Phi) is 1.65. The molecular formula is C8H6O2S. The molecule has 2 nitrogen and oxygen atoms in total. The summed E-state index contributed by atoms with van der Waals surface area (Å²) in [6.45, 7) is 0. The highest BCUT2D eigenvalue weighted by atomic mass is 32.1. The smallest absolute Gasteiger partial charge is 0.241 e. The van der Waals surface area contributed by atoms with Crippen molar-refractivity contribution in [2.45, 2.75) is 0 Å². The summed E-state index contributed by atoms with van der Waals surface area (Å²) in [5.41, 5.74) is 0. The van der Waals surface area contributed by atoms with E-state index >= 15 is 0 Å². The van der Waals surface area contributed by atoms with Crippen LogP contribution in [0.25, 0.3) is 10.8 Å². The van der Waals surface area contributed by atoms with Gasteiger partial charge in [-0.3, -0.25) is 0 Å². The molecular weight excluding hydrogens is 160 g/mol. The van der Waals surface area contributed by atoms with E-state index in [1.54, 1.807) is 12.5 Å². The summed E-state index contributed by atoms with van der Waals surface area (Å²) in [5, 5.41) is 2.08. The first kappa shape index (κ1) is 6.49. The molecule has 0 aliphatic heterocycles. The Balaban J connectivity index is 2.90. The normalized spacial score (nSPS) is 9.82. The predicted octanol–water partition coefficient (Wildman–Crippen LogP) is 3.21. The van der Waals surface area contributed by atoms with Crippen molar-refractivity contribution in [1.29, 1.82) is 0 Å². The van der Waals surface area contributed by atoms with Gasteiger partial charge in [0.25, 0.3) is 0 Å². The van der Waals surface area contributed by atoms with Crippen LogP contribution in [0.3, 0.4) is 0 Å². The van der Waals surface area contributed by atoms with Crippen LogP contribution >= 0.6 is 11.9 Å². The number of fused-ring (bicyclic) bond motifs is 1. The average molecular weight is 166 g/mol. The first-order chi connectivity index (χ1) is 5.47. The first-order valence-electron chi connectivity index (χ1n) is 3.21. The van der Waals surface area contributed by atoms with Gasteiger partial charge in [-0.05, 0) is 0 Å². The molecule has 0 amide bonds. The van der Waals surface area contributed by atoms with Crippen LogP contribution in [0.1, 0.15) is 0 Å². The zero-order chi connectivity index (χ0) is 7.52. The second-order valence-corrected chi connectivity index (χ2v) is 2.65. The lowest BCUT2D eigenvalue weighted by Gasteiger charge is -1.84. The van der Waals surface area contributed by atoms with Gasteiger partial charge in [-0.15, -0.1) is 0 Å². The minimum absolute atomic E-state index is 0.961. The molecule has 56 valence electrons. The zero-order valence-electron chi connectivity index (χ0n) is 5.69. The van der Waals surface area contributed by atoms with E-state index in [9.17, 15) is 0 Å². The zero-order valence-corrected chi connectivity index (χ0v) is 6.51. The molecule has 0 saturated carbocycles. The van der Waals surface area contributed by atoms with Crippen LogP contribution in [0.2, 0.25) is 0 Å². The Morgan fingerprint density at radius 1 is 0.909 bits per heavy atom. The maximum atomic E-state index is 4.96. The lowest BCUT2D eigenvalue weighted by atomic mass is 10.2. The summed E-state index contributed by atoms with van der Waals surface area (Å²) in [7, 11) is 0. The first-order valence-corrected chi connectivity index (χ1v) is 3.88. The maximum Gasteiger partial charge on any atom is 0.241 e. The molecule has 1 heterocycles. The minimum Gasteiger partial charge on any atom is -0.380 e. The summed E-state index contributed by atoms with van der Waals surface area (Å²) in [6.07, 6.45) is 3.34. The number of hydrogen-bond donors (Lipinski definition) is 0. The molecule has 0 saturated heterocycles. The molecule has 0 unspecified atom stereocenters. The fourth-order valence-electron chi connectivity index (χ4n) is 0.891. The molecule has 11 heavy (non-hydrogen) atoms. The molecule has 2 aromatic rings. The van der Waals surface area contributed by atoms with Crippen molar-refractivity contribution in [3.05, 3.63) is 36.8 Å². The highest BCUT2D eigenvalue weighted by molar-refractivity contribution is 6.93. The van der Waals surface area contributed by atoms with E-state index in [4.69, 9.17) is 7.70 Å². The summed E-state index contributed by atoms with van der Waals surface area (Å²) >= 11 is 0.961. The van der Waals surface area contributed by atoms with Crippen molar-refractivity contribution in [2.75, 3.05) is 0 Å². The van der Waals surface area contributed by atoms with Gasteiger partial charge in [0.2, 0.25) is 11.9 Å². The van der Waals surface area contributed by atoms with Gasteiger partial charge in [0.15, 0.2) is 0 Å². The van der Waals surface area contributed by atoms with Crippen LogP contribution in [0.5, 0.6) is 0 Å². The third kappa shape index (κ3) is 1.28. The molecule has 0 aliphatic rings. The third-order valence-corrected chi connectivity index (χ3v) is 1.77. The van der Waals surface area contributed by atoms with Crippen molar-refractivity contribution < 1.29 is 7.70 Å². The van der Waals surface area contributed by atoms with Crippen molar-refractivity contribution in [3.63, 3.8) is 0 Å². The van der Waals surface area contributed by atoms with Crippen molar-refractivity contribution in [3.8, 4) is 0 Å². The summed E-state index contributed by atoms with van der Waals surface area (Å²) < 4.78 is 9.92. The Morgan fingerprint density at radius 2 is 1.45 bits per heavy atom. The molecule has 0 fully saturated rings. The van der Waals surface area contributed by atoms with Crippen molar-refractivity contribution in [2.24, 2.45) is 0 Å². The molecule has 0 bridgehead atoms. The molecule has 1 aromatic heterocycles. The van der Waals surface area contributed by atoms with Gasteiger partial charge in [-0.25, -0.2) is 0 Å². The van der Waals surface area contributed by atoms with E-state index in [-0.39, 0.29) is 0 Å². The predicted molar refractivity (Wildman–Crippen MR) is 44.0 cm³/mol. The quantitative estimate of drug-likeness (QED) is 0.600. The largest absolute Gasteiger partial charge is 0.380 e. The van der Waals surface area contributed by atoms with Crippen LogP contribution in [0, 0.1) is 0 Å². The van der Waals surface area contributed by atoms with E-state index in [1.165, 1.54) is 0 Å². The summed E-state index contributed by atoms with van der Waals surface area (Å²) in [6, 6.07) is 7.87. The highest BCUT2D eigenvalue weighted by Crippen LogP contribution is 2.11. The molecule has 0 radical (unpaired) electrons. The highest BCUT2D eigenvalue weighted by Gasteiger charge is 1.87. The van der Waals surface area contributed by atoms with E-state index in [1.807, 2.05) is 24.3 Å². The molecule has 0 N–H and O–H groups in total. The standard InChI is InChI=1S/C8H6O2S/c1-2-4-8-6-10-11-9-5-7(8)3-1/h1-6H. The molecule has 0 spiro atoms. The van der Waals surface area contributed by atoms with Crippen LogP contribution in [-0.2, 0) is 0 Å². The molecule has 0 aliphatic carbocycles. The lowest BCUT2D eigenvalue weighted by Crippen LogP contribution is -1.61. The Morgan fingerprint density at radius 3 is 2.00 bits per heavy atom. The second kappa shape index (κ2) is 2.80. The van der Waals surface area contributed by atoms with E-state index in [2.05, 4.69) is 0 Å². The fourth-order valence-corrected chi connectivity index (χ4v) is 1.22. The van der Waals surface area contributed by atoms with Crippen molar-refractivity contribution >= 4 is 22.7 Å². The van der Waals surface area contributed by atoms with Gasteiger partial charge in [0.05, 0.1) is 0 Å². The Hall–Kier alpha value is -1.22. The van der Waals surface area contributed by atoms with Crippen LogP contribution in [0.4, 0.5) is 0 Å². The minimum atomic E-state index is 0.961. The van der Waals surface area contributed by atoms with Gasteiger partial charge in [0, 0.05) is 10.8 Å².